The second-order valence-corrected chi connectivity index (χ2v) is 8.50. The minimum Gasteiger partial charge on any atom is -0.481 e. The topological polar surface area (TPSA) is 91.6 Å². The number of fused-ring (bicyclic) bond motifs is 1. The van der Waals surface area contributed by atoms with Crippen LogP contribution in [0, 0.1) is 11.8 Å². The molecule has 2 heterocycles. The van der Waals surface area contributed by atoms with E-state index >= 15 is 0 Å². The summed E-state index contributed by atoms with van der Waals surface area (Å²) in [7, 11) is 1.81. The number of piperidine rings is 1. The molecule has 8 heteroatoms. The number of carboxylic acid groups (broad SMARTS) is 1. The van der Waals surface area contributed by atoms with E-state index in [0.29, 0.717) is 36.6 Å². The van der Waals surface area contributed by atoms with E-state index in [2.05, 4.69) is 5.32 Å². The highest BCUT2D eigenvalue weighted by atomic mass is 35.5. The minimum atomic E-state index is -0.815. The van der Waals surface area contributed by atoms with Gasteiger partial charge in [-0.15, -0.1) is 0 Å². The lowest BCUT2D eigenvalue weighted by Gasteiger charge is -2.34. The van der Waals surface area contributed by atoms with Crippen molar-refractivity contribution in [1.29, 1.82) is 0 Å². The molecule has 0 spiro atoms. The highest BCUT2D eigenvalue weighted by Crippen LogP contribution is 2.24. The predicted molar refractivity (Wildman–Crippen MR) is 116 cm³/mol. The second kappa shape index (κ2) is 9.08. The van der Waals surface area contributed by atoms with Gasteiger partial charge in [-0.25, -0.2) is 0 Å². The molecule has 1 aromatic heterocycles. The molecule has 2 N–H and O–H groups in total. The lowest BCUT2D eigenvalue weighted by atomic mass is 9.93. The van der Waals surface area contributed by atoms with Gasteiger partial charge in [0, 0.05) is 36.1 Å². The van der Waals surface area contributed by atoms with Gasteiger partial charge in [0.05, 0.1) is 5.92 Å². The van der Waals surface area contributed by atoms with Gasteiger partial charge in [0.1, 0.15) is 11.7 Å². The van der Waals surface area contributed by atoms with Gasteiger partial charge >= 0.3 is 5.97 Å². The standard InChI is InChI=1S/C22H28ClN3O4/c1-4-13(2)19(21(28)26-9-7-14(8-10-26)22(29)30)24-20(27)18-12-15-11-16(23)5-6-17(15)25(18)3/h5-6,11-14,19H,4,7-10H2,1-3H3,(H,24,27)(H,29,30)/t13-,19+/m1/s1. The molecule has 0 unspecified atom stereocenters. The Balaban J connectivity index is 1.78. The molecule has 0 bridgehead atoms. The summed E-state index contributed by atoms with van der Waals surface area (Å²) in [4.78, 5) is 39.1. The molecule has 0 radical (unpaired) electrons. The molecule has 1 aromatic carbocycles. The van der Waals surface area contributed by atoms with Crippen molar-refractivity contribution in [3.05, 3.63) is 35.0 Å². The van der Waals surface area contributed by atoms with Crippen molar-refractivity contribution in [3.63, 3.8) is 0 Å². The summed E-state index contributed by atoms with van der Waals surface area (Å²) in [5, 5.41) is 13.6. The van der Waals surface area contributed by atoms with E-state index in [0.717, 1.165) is 17.3 Å². The lowest BCUT2D eigenvalue weighted by molar-refractivity contribution is -0.146. The highest BCUT2D eigenvalue weighted by molar-refractivity contribution is 6.31. The molecular weight excluding hydrogens is 406 g/mol. The van der Waals surface area contributed by atoms with E-state index in [9.17, 15) is 19.5 Å². The number of nitrogens with zero attached hydrogens (tertiary/aromatic N) is 2. The summed E-state index contributed by atoms with van der Waals surface area (Å²) in [6, 6.07) is 6.55. The van der Waals surface area contributed by atoms with Crippen LogP contribution in [0.15, 0.2) is 24.3 Å². The van der Waals surface area contributed by atoms with E-state index < -0.39 is 17.9 Å². The Morgan fingerprint density at radius 1 is 1.23 bits per heavy atom. The predicted octanol–water partition coefficient (Wildman–Crippen LogP) is 3.30. The fourth-order valence-electron chi connectivity index (χ4n) is 3.98. The second-order valence-electron chi connectivity index (χ2n) is 8.07. The Bertz CT molecular complexity index is 963. The average molecular weight is 434 g/mol. The largest absolute Gasteiger partial charge is 0.481 e. The zero-order valence-corrected chi connectivity index (χ0v) is 18.3. The van der Waals surface area contributed by atoms with E-state index in [1.54, 1.807) is 27.7 Å². The Morgan fingerprint density at radius 2 is 1.90 bits per heavy atom. The normalized spacial score (nSPS) is 17.0. The number of carbonyl (C=O) groups is 3. The number of benzene rings is 1. The van der Waals surface area contributed by atoms with Crippen molar-refractivity contribution in [2.24, 2.45) is 18.9 Å². The summed E-state index contributed by atoms with van der Waals surface area (Å²) in [5.74, 6) is -1.74. The van der Waals surface area contributed by atoms with Gasteiger partial charge in [0.25, 0.3) is 5.91 Å². The van der Waals surface area contributed by atoms with Crippen LogP contribution in [0.2, 0.25) is 5.02 Å². The summed E-state index contributed by atoms with van der Waals surface area (Å²) >= 11 is 6.07. The number of hydrogen-bond donors (Lipinski definition) is 2. The third-order valence-corrected chi connectivity index (χ3v) is 6.39. The van der Waals surface area contributed by atoms with Gasteiger partial charge in [0.15, 0.2) is 0 Å². The van der Waals surface area contributed by atoms with Crippen molar-refractivity contribution in [3.8, 4) is 0 Å². The van der Waals surface area contributed by atoms with Crippen LogP contribution < -0.4 is 5.32 Å². The summed E-state index contributed by atoms with van der Waals surface area (Å²) in [5.41, 5.74) is 1.34. The number of amides is 2. The first-order chi connectivity index (χ1) is 14.2. The number of halogens is 1. The number of nitrogens with one attached hydrogen (secondary N) is 1. The molecule has 0 saturated carbocycles. The molecular formula is C22H28ClN3O4. The van der Waals surface area contributed by atoms with E-state index in [1.165, 1.54) is 0 Å². The fourth-order valence-corrected chi connectivity index (χ4v) is 4.16. The van der Waals surface area contributed by atoms with Crippen LogP contribution in [-0.2, 0) is 16.6 Å². The average Bonchev–Trinajstić information content (AvgIpc) is 3.06. The Labute approximate surface area is 181 Å². The number of carboxylic acids is 1. The zero-order valence-electron chi connectivity index (χ0n) is 17.5. The maximum atomic E-state index is 13.2. The van der Waals surface area contributed by atoms with Gasteiger partial charge in [0.2, 0.25) is 5.91 Å². The molecule has 162 valence electrons. The molecule has 1 fully saturated rings. The molecule has 2 atom stereocenters. The molecule has 2 aromatic rings. The van der Waals surface area contributed by atoms with Crippen molar-refractivity contribution in [2.45, 2.75) is 39.2 Å². The summed E-state index contributed by atoms with van der Waals surface area (Å²) in [6.07, 6.45) is 1.60. The third kappa shape index (κ3) is 4.46. The monoisotopic (exact) mass is 433 g/mol. The van der Waals surface area contributed by atoms with Crippen molar-refractivity contribution in [1.82, 2.24) is 14.8 Å². The van der Waals surface area contributed by atoms with E-state index in [-0.39, 0.29) is 17.7 Å². The minimum absolute atomic E-state index is 0.0530. The number of aromatic nitrogens is 1. The highest BCUT2D eigenvalue weighted by Gasteiger charge is 2.34. The molecule has 30 heavy (non-hydrogen) atoms. The summed E-state index contributed by atoms with van der Waals surface area (Å²) in [6.45, 7) is 4.71. The molecule has 3 rings (SSSR count). The Hall–Kier alpha value is -2.54. The van der Waals surface area contributed by atoms with Crippen LogP contribution in [0.5, 0.6) is 0 Å². The van der Waals surface area contributed by atoms with E-state index in [4.69, 9.17) is 11.6 Å². The third-order valence-electron chi connectivity index (χ3n) is 6.16. The smallest absolute Gasteiger partial charge is 0.306 e. The molecule has 1 aliphatic rings. The number of likely N-dealkylation sites (tertiary alicyclic amines) is 1. The fraction of sp³-hybridized carbons (Fsp3) is 0.500. The number of rotatable bonds is 6. The first-order valence-corrected chi connectivity index (χ1v) is 10.7. The number of aliphatic carboxylic acids is 1. The maximum absolute atomic E-state index is 13.2. The quantitative estimate of drug-likeness (QED) is 0.731. The Morgan fingerprint density at radius 3 is 2.50 bits per heavy atom. The van der Waals surface area contributed by atoms with Gasteiger partial charge in [-0.05, 0) is 43.0 Å². The number of aryl methyl sites for hydroxylation is 1. The van der Waals surface area contributed by atoms with Gasteiger partial charge < -0.3 is 19.9 Å². The van der Waals surface area contributed by atoms with Crippen LogP contribution in [0.3, 0.4) is 0 Å². The van der Waals surface area contributed by atoms with E-state index in [1.807, 2.05) is 27.0 Å². The van der Waals surface area contributed by atoms with Crippen LogP contribution in [-0.4, -0.2) is 51.5 Å². The van der Waals surface area contributed by atoms with Crippen LogP contribution in [0.25, 0.3) is 10.9 Å². The summed E-state index contributed by atoms with van der Waals surface area (Å²) < 4.78 is 1.79. The first kappa shape index (κ1) is 22.2. The van der Waals surface area contributed by atoms with Gasteiger partial charge in [-0.2, -0.15) is 0 Å². The van der Waals surface area contributed by atoms with Gasteiger partial charge in [-0.1, -0.05) is 31.9 Å². The van der Waals surface area contributed by atoms with Crippen LogP contribution in [0.4, 0.5) is 0 Å². The Kier molecular flexibility index (Phi) is 6.71. The first-order valence-electron chi connectivity index (χ1n) is 10.3. The lowest BCUT2D eigenvalue weighted by Crippen LogP contribution is -2.53. The number of hydrogen-bond acceptors (Lipinski definition) is 3. The van der Waals surface area contributed by atoms with Gasteiger partial charge in [-0.3, -0.25) is 14.4 Å². The number of carbonyl (C=O) groups excluding carboxylic acids is 2. The molecule has 0 aliphatic carbocycles. The molecule has 1 saturated heterocycles. The SMILES string of the molecule is CC[C@@H](C)[C@H](NC(=O)c1cc2cc(Cl)ccc2n1C)C(=O)N1CCC(C(=O)O)CC1. The van der Waals surface area contributed by atoms with Crippen LogP contribution in [0.1, 0.15) is 43.6 Å². The van der Waals surface area contributed by atoms with Crippen molar-refractivity contribution >= 4 is 40.3 Å². The van der Waals surface area contributed by atoms with Crippen molar-refractivity contribution < 1.29 is 19.5 Å². The molecule has 7 nitrogen and oxygen atoms in total. The zero-order chi connectivity index (χ0) is 22.0. The molecule has 2 amide bonds. The van der Waals surface area contributed by atoms with Crippen molar-refractivity contribution in [2.75, 3.05) is 13.1 Å². The maximum Gasteiger partial charge on any atom is 0.306 e. The molecule has 1 aliphatic heterocycles. The van der Waals surface area contributed by atoms with Crippen LogP contribution >= 0.6 is 11.6 Å².